The van der Waals surface area contributed by atoms with E-state index in [0.717, 1.165) is 36.1 Å². The molecule has 2 aliphatic rings. The third-order valence-corrected chi connectivity index (χ3v) is 6.10. The fourth-order valence-electron chi connectivity index (χ4n) is 3.95. The summed E-state index contributed by atoms with van der Waals surface area (Å²) in [5.41, 5.74) is 0.816. The predicted molar refractivity (Wildman–Crippen MR) is 104 cm³/mol. The molecule has 3 aromatic rings. The number of aryl methyl sites for hydroxylation is 1. The summed E-state index contributed by atoms with van der Waals surface area (Å²) >= 11 is 0. The van der Waals surface area contributed by atoms with Gasteiger partial charge in [-0.1, -0.05) is 6.42 Å². The molecule has 1 aliphatic heterocycles. The Kier molecular flexibility index (Phi) is 4.32. The summed E-state index contributed by atoms with van der Waals surface area (Å²) in [6.07, 6.45) is 3.02. The van der Waals surface area contributed by atoms with E-state index in [1.807, 2.05) is 42.8 Å². The van der Waals surface area contributed by atoms with Gasteiger partial charge in [0.25, 0.3) is 0 Å². The van der Waals surface area contributed by atoms with Crippen LogP contribution in [0.3, 0.4) is 0 Å². The first-order valence-electron chi connectivity index (χ1n) is 10.0. The van der Waals surface area contributed by atoms with E-state index in [1.54, 1.807) is 0 Å². The lowest BCUT2D eigenvalue weighted by Gasteiger charge is -2.45. The van der Waals surface area contributed by atoms with Crippen LogP contribution in [0.15, 0.2) is 28.7 Å². The Morgan fingerprint density at radius 1 is 1.21 bits per heavy atom. The van der Waals surface area contributed by atoms with Crippen molar-refractivity contribution >= 4 is 11.5 Å². The molecule has 1 aliphatic carbocycles. The van der Waals surface area contributed by atoms with Crippen LogP contribution < -0.4 is 4.90 Å². The molecule has 5 rings (SSSR count). The fourth-order valence-corrected chi connectivity index (χ4v) is 3.95. The number of aliphatic hydroxyl groups is 1. The maximum atomic E-state index is 10.4. The van der Waals surface area contributed by atoms with Gasteiger partial charge in [0.05, 0.1) is 0 Å². The number of likely N-dealkylation sites (N-methyl/N-ethyl adjacent to an activating group) is 1. The molecule has 28 heavy (non-hydrogen) atoms. The van der Waals surface area contributed by atoms with E-state index >= 15 is 0 Å². The van der Waals surface area contributed by atoms with E-state index in [1.165, 1.54) is 19.3 Å². The number of furan rings is 1. The number of aromatic nitrogens is 4. The largest absolute Gasteiger partial charge is 0.464 e. The van der Waals surface area contributed by atoms with E-state index in [-0.39, 0.29) is 0 Å². The molecule has 8 heteroatoms. The Balaban J connectivity index is 1.22. The molecule has 4 heterocycles. The summed E-state index contributed by atoms with van der Waals surface area (Å²) in [4.78, 5) is 4.45. The molecule has 1 saturated carbocycles. The van der Waals surface area contributed by atoms with Crippen molar-refractivity contribution in [1.82, 2.24) is 24.7 Å². The van der Waals surface area contributed by atoms with Crippen molar-refractivity contribution in [2.24, 2.45) is 0 Å². The van der Waals surface area contributed by atoms with Crippen LogP contribution >= 0.6 is 0 Å². The third kappa shape index (κ3) is 3.06. The number of hydrogen-bond donors (Lipinski definition) is 1. The number of rotatable bonds is 6. The van der Waals surface area contributed by atoms with E-state index < -0.39 is 6.10 Å². The number of aliphatic hydroxyl groups excluding tert-OH is 1. The molecule has 1 N–H and O–H groups in total. The molecular formula is C20H26N6O2. The zero-order valence-corrected chi connectivity index (χ0v) is 16.3. The van der Waals surface area contributed by atoms with Crippen LogP contribution in [0.5, 0.6) is 0 Å². The molecule has 0 spiro atoms. The third-order valence-electron chi connectivity index (χ3n) is 6.10. The molecular weight excluding hydrogens is 356 g/mol. The van der Waals surface area contributed by atoms with Crippen molar-refractivity contribution in [3.05, 3.63) is 41.6 Å². The first-order chi connectivity index (χ1) is 13.6. The second-order valence-electron chi connectivity index (χ2n) is 8.11. The number of hydrogen-bond acceptors (Lipinski definition) is 7. The van der Waals surface area contributed by atoms with E-state index in [9.17, 15) is 5.11 Å². The van der Waals surface area contributed by atoms with Crippen LogP contribution in [-0.4, -0.2) is 62.5 Å². The first-order valence-corrected chi connectivity index (χ1v) is 10.0. The van der Waals surface area contributed by atoms with Crippen molar-refractivity contribution in [3.63, 3.8) is 0 Å². The van der Waals surface area contributed by atoms with Gasteiger partial charge in [0.2, 0.25) is 0 Å². The summed E-state index contributed by atoms with van der Waals surface area (Å²) in [7, 11) is 2.05. The Hall–Kier alpha value is -2.45. The average Bonchev–Trinajstić information content (AvgIpc) is 3.19. The lowest BCUT2D eigenvalue weighted by Crippen LogP contribution is -2.59. The Bertz CT molecular complexity index is 972. The SMILES string of the molecule is Cc1ccc(C(O)CN(C)C2CN(c3ccc4nnc(C5CCC5)n4n3)C2)o1. The normalized spacial score (nSPS) is 19.2. The van der Waals surface area contributed by atoms with Crippen LogP contribution in [-0.2, 0) is 0 Å². The standard InChI is InChI=1S/C20H26N6O2/c1-13-6-7-17(28-13)16(27)12-24(2)15-10-25(11-15)19-9-8-18-21-22-20(26(18)23-19)14-4-3-5-14/h6-9,14-16,27H,3-5,10-12H2,1-2H3. The molecule has 0 amide bonds. The van der Waals surface area contributed by atoms with Crippen molar-refractivity contribution in [3.8, 4) is 0 Å². The van der Waals surface area contributed by atoms with Gasteiger partial charge in [-0.25, -0.2) is 0 Å². The Morgan fingerprint density at radius 2 is 2.04 bits per heavy atom. The van der Waals surface area contributed by atoms with Gasteiger partial charge >= 0.3 is 0 Å². The topological polar surface area (TPSA) is 82.9 Å². The van der Waals surface area contributed by atoms with Gasteiger partial charge in [0.1, 0.15) is 23.4 Å². The summed E-state index contributed by atoms with van der Waals surface area (Å²) < 4.78 is 7.45. The van der Waals surface area contributed by atoms with Crippen LogP contribution in [0, 0.1) is 6.92 Å². The highest BCUT2D eigenvalue weighted by Crippen LogP contribution is 2.35. The molecule has 1 saturated heterocycles. The summed E-state index contributed by atoms with van der Waals surface area (Å²) in [6, 6.07) is 8.13. The van der Waals surface area contributed by atoms with E-state index in [4.69, 9.17) is 9.52 Å². The zero-order chi connectivity index (χ0) is 19.3. The number of nitrogens with zero attached hydrogens (tertiary/aromatic N) is 6. The summed E-state index contributed by atoms with van der Waals surface area (Å²) in [6.45, 7) is 4.22. The van der Waals surface area contributed by atoms with Crippen LogP contribution in [0.4, 0.5) is 5.82 Å². The van der Waals surface area contributed by atoms with E-state index in [0.29, 0.717) is 24.3 Å². The monoisotopic (exact) mass is 382 g/mol. The summed E-state index contributed by atoms with van der Waals surface area (Å²) in [5.74, 6) is 3.90. The van der Waals surface area contributed by atoms with Gasteiger partial charge in [-0.2, -0.15) is 4.52 Å². The maximum Gasteiger partial charge on any atom is 0.178 e. The predicted octanol–water partition coefficient (Wildman–Crippen LogP) is 2.15. The quantitative estimate of drug-likeness (QED) is 0.699. The lowest BCUT2D eigenvalue weighted by atomic mass is 9.85. The van der Waals surface area contributed by atoms with Crippen molar-refractivity contribution in [1.29, 1.82) is 0 Å². The molecule has 2 fully saturated rings. The smallest absolute Gasteiger partial charge is 0.178 e. The second-order valence-corrected chi connectivity index (χ2v) is 8.11. The molecule has 0 radical (unpaired) electrons. The van der Waals surface area contributed by atoms with Gasteiger partial charge in [-0.05, 0) is 51.1 Å². The highest BCUT2D eigenvalue weighted by molar-refractivity contribution is 5.48. The minimum Gasteiger partial charge on any atom is -0.464 e. The minimum atomic E-state index is -0.607. The Labute approximate surface area is 163 Å². The fraction of sp³-hybridized carbons (Fsp3) is 0.550. The van der Waals surface area contributed by atoms with Crippen molar-refractivity contribution in [2.45, 2.75) is 44.2 Å². The van der Waals surface area contributed by atoms with Gasteiger partial charge in [0, 0.05) is 31.6 Å². The number of anilines is 1. The molecule has 1 atom stereocenters. The molecule has 3 aromatic heterocycles. The van der Waals surface area contributed by atoms with Gasteiger partial charge in [-0.15, -0.1) is 15.3 Å². The maximum absolute atomic E-state index is 10.4. The Morgan fingerprint density at radius 3 is 2.71 bits per heavy atom. The van der Waals surface area contributed by atoms with Crippen LogP contribution in [0.25, 0.3) is 5.65 Å². The molecule has 1 unspecified atom stereocenters. The van der Waals surface area contributed by atoms with Crippen molar-refractivity contribution < 1.29 is 9.52 Å². The minimum absolute atomic E-state index is 0.384. The zero-order valence-electron chi connectivity index (χ0n) is 16.3. The molecule has 148 valence electrons. The average molecular weight is 382 g/mol. The molecule has 0 bridgehead atoms. The molecule has 0 aromatic carbocycles. The van der Waals surface area contributed by atoms with E-state index in [2.05, 4.69) is 20.0 Å². The summed E-state index contributed by atoms with van der Waals surface area (Å²) in [5, 5.41) is 23.8. The van der Waals surface area contributed by atoms with Crippen molar-refractivity contribution in [2.75, 3.05) is 31.6 Å². The van der Waals surface area contributed by atoms with Gasteiger partial charge in [0.15, 0.2) is 11.5 Å². The van der Waals surface area contributed by atoms with Crippen LogP contribution in [0.1, 0.15) is 48.6 Å². The molecule has 8 nitrogen and oxygen atoms in total. The second kappa shape index (κ2) is 6.86. The lowest BCUT2D eigenvalue weighted by molar-refractivity contribution is 0.0787. The van der Waals surface area contributed by atoms with Crippen LogP contribution in [0.2, 0.25) is 0 Å². The highest BCUT2D eigenvalue weighted by Gasteiger charge is 2.33. The highest BCUT2D eigenvalue weighted by atomic mass is 16.4. The van der Waals surface area contributed by atoms with Gasteiger partial charge < -0.3 is 14.4 Å². The van der Waals surface area contributed by atoms with Gasteiger partial charge in [-0.3, -0.25) is 4.90 Å². The first kappa shape index (κ1) is 17.6. The number of fused-ring (bicyclic) bond motifs is 1.